The lowest BCUT2D eigenvalue weighted by atomic mass is 10.0. The predicted molar refractivity (Wildman–Crippen MR) is 52.4 cm³/mol. The Morgan fingerprint density at radius 1 is 1.23 bits per heavy atom. The van der Waals surface area contributed by atoms with Gasteiger partial charge in [0.15, 0.2) is 5.66 Å². The molecular weight excluding hydrogens is 190 g/mol. The molecule has 1 amide bonds. The number of halogens is 1. The maximum Gasteiger partial charge on any atom is 0.263 e. The highest BCUT2D eigenvalue weighted by molar-refractivity contribution is 6.05. The maximum absolute atomic E-state index is 11.2. The van der Waals surface area contributed by atoms with E-state index in [2.05, 4.69) is 5.32 Å². The number of amides is 1. The quantitative estimate of drug-likeness (QED) is 0.520. The normalized spacial score (nSPS) is 17.2. The van der Waals surface area contributed by atoms with Gasteiger partial charge in [-0.15, -0.1) is 12.4 Å². The van der Waals surface area contributed by atoms with E-state index in [0.29, 0.717) is 11.3 Å². The van der Waals surface area contributed by atoms with Crippen LogP contribution in [0.1, 0.15) is 5.56 Å². The fourth-order valence-corrected chi connectivity index (χ4v) is 1.30. The summed E-state index contributed by atoms with van der Waals surface area (Å²) in [5.74, 6) is -0.358. The summed E-state index contributed by atoms with van der Waals surface area (Å²) in [6.07, 6.45) is 0. The van der Waals surface area contributed by atoms with Crippen molar-refractivity contribution in [3.8, 4) is 0 Å². The van der Waals surface area contributed by atoms with Crippen molar-refractivity contribution in [3.63, 3.8) is 0 Å². The Morgan fingerprint density at radius 2 is 1.85 bits per heavy atom. The second-order valence-corrected chi connectivity index (χ2v) is 2.87. The zero-order valence-corrected chi connectivity index (χ0v) is 7.60. The zero-order chi connectivity index (χ0) is 8.77. The van der Waals surface area contributed by atoms with Crippen molar-refractivity contribution in [1.82, 2.24) is 0 Å². The number of carbonyl (C=O) groups is 1. The number of nitrogens with one attached hydrogen (secondary N) is 1. The van der Waals surface area contributed by atoms with Gasteiger partial charge in [-0.3, -0.25) is 4.79 Å². The van der Waals surface area contributed by atoms with Gasteiger partial charge in [0, 0.05) is 11.3 Å². The second-order valence-electron chi connectivity index (χ2n) is 2.87. The molecule has 0 saturated heterocycles. The summed E-state index contributed by atoms with van der Waals surface area (Å²) in [4.78, 5) is 11.2. The number of hydrogen-bond acceptors (Lipinski definition) is 3. The maximum atomic E-state index is 11.2. The Labute approximate surface area is 81.7 Å². The smallest absolute Gasteiger partial charge is 0.263 e. The SMILES string of the molecule is Cl.NC1(N)C(=O)Nc2ccccc21. The van der Waals surface area contributed by atoms with Crippen molar-refractivity contribution >= 4 is 24.0 Å². The molecule has 0 saturated carbocycles. The number of nitrogens with two attached hydrogens (primary N) is 2. The summed E-state index contributed by atoms with van der Waals surface area (Å²) in [6.45, 7) is 0. The van der Waals surface area contributed by atoms with E-state index in [1.807, 2.05) is 6.07 Å². The lowest BCUT2D eigenvalue weighted by molar-refractivity contribution is -0.120. The van der Waals surface area contributed by atoms with E-state index >= 15 is 0 Å². The highest BCUT2D eigenvalue weighted by atomic mass is 35.5. The number of rotatable bonds is 0. The monoisotopic (exact) mass is 199 g/mol. The lowest BCUT2D eigenvalue weighted by Gasteiger charge is -2.14. The minimum absolute atomic E-state index is 0. The van der Waals surface area contributed by atoms with Crippen LogP contribution in [0.3, 0.4) is 0 Å². The van der Waals surface area contributed by atoms with Crippen LogP contribution in [0.4, 0.5) is 5.69 Å². The second kappa shape index (κ2) is 2.99. The van der Waals surface area contributed by atoms with Gasteiger partial charge in [-0.2, -0.15) is 0 Å². The molecule has 13 heavy (non-hydrogen) atoms. The molecule has 4 nitrogen and oxygen atoms in total. The third-order valence-electron chi connectivity index (χ3n) is 2.00. The first-order valence-corrected chi connectivity index (χ1v) is 3.61. The van der Waals surface area contributed by atoms with Crippen molar-refractivity contribution < 1.29 is 4.79 Å². The third kappa shape index (κ3) is 1.29. The molecule has 0 fully saturated rings. The molecule has 2 rings (SSSR count). The van der Waals surface area contributed by atoms with Crippen LogP contribution in [0.5, 0.6) is 0 Å². The van der Waals surface area contributed by atoms with Crippen molar-refractivity contribution in [2.75, 3.05) is 5.32 Å². The first kappa shape index (κ1) is 9.98. The van der Waals surface area contributed by atoms with Crippen LogP contribution in [0, 0.1) is 0 Å². The Kier molecular flexibility index (Phi) is 2.30. The fraction of sp³-hybridized carbons (Fsp3) is 0.125. The van der Waals surface area contributed by atoms with E-state index in [4.69, 9.17) is 11.5 Å². The molecule has 5 heteroatoms. The standard InChI is InChI=1S/C8H9N3O.ClH/c9-8(10)5-3-1-2-4-6(5)11-7(8)12;/h1-4H,9-10H2,(H,11,12);1H. The van der Waals surface area contributed by atoms with Gasteiger partial charge in [-0.1, -0.05) is 18.2 Å². The topological polar surface area (TPSA) is 81.1 Å². The van der Waals surface area contributed by atoms with Crippen LogP contribution in [-0.4, -0.2) is 5.91 Å². The molecule has 1 aromatic carbocycles. The molecular formula is C8H10ClN3O. The van der Waals surface area contributed by atoms with E-state index in [-0.39, 0.29) is 18.3 Å². The summed E-state index contributed by atoms with van der Waals surface area (Å²) >= 11 is 0. The Bertz CT molecular complexity index is 351. The summed E-state index contributed by atoms with van der Waals surface area (Å²) < 4.78 is 0. The van der Waals surface area contributed by atoms with E-state index in [1.165, 1.54) is 0 Å². The van der Waals surface area contributed by atoms with Crippen LogP contribution in [0.15, 0.2) is 24.3 Å². The Morgan fingerprint density at radius 3 is 2.46 bits per heavy atom. The van der Waals surface area contributed by atoms with E-state index < -0.39 is 5.66 Å². The van der Waals surface area contributed by atoms with Crippen LogP contribution in [-0.2, 0) is 10.5 Å². The highest BCUT2D eigenvalue weighted by Gasteiger charge is 2.39. The van der Waals surface area contributed by atoms with Gasteiger partial charge in [0.1, 0.15) is 0 Å². The first-order chi connectivity index (χ1) is 5.62. The third-order valence-corrected chi connectivity index (χ3v) is 2.00. The molecule has 1 aliphatic heterocycles. The largest absolute Gasteiger partial charge is 0.323 e. The fourth-order valence-electron chi connectivity index (χ4n) is 1.30. The minimum atomic E-state index is -1.36. The first-order valence-electron chi connectivity index (χ1n) is 3.61. The average molecular weight is 200 g/mol. The summed E-state index contributed by atoms with van der Waals surface area (Å²) in [5.41, 5.74) is 11.2. The molecule has 0 bridgehead atoms. The van der Waals surface area contributed by atoms with Crippen LogP contribution < -0.4 is 16.8 Å². The molecule has 70 valence electrons. The van der Waals surface area contributed by atoms with E-state index in [0.717, 1.165) is 0 Å². The number of hydrogen-bond donors (Lipinski definition) is 3. The molecule has 0 radical (unpaired) electrons. The highest BCUT2D eigenvalue weighted by Crippen LogP contribution is 2.29. The van der Waals surface area contributed by atoms with Gasteiger partial charge in [-0.05, 0) is 6.07 Å². The number of anilines is 1. The van der Waals surface area contributed by atoms with Crippen molar-refractivity contribution in [2.45, 2.75) is 5.66 Å². The lowest BCUT2D eigenvalue weighted by Crippen LogP contribution is -2.51. The number of carbonyl (C=O) groups excluding carboxylic acids is 1. The molecule has 0 aromatic heterocycles. The van der Waals surface area contributed by atoms with Crippen LogP contribution in [0.2, 0.25) is 0 Å². The molecule has 1 aromatic rings. The van der Waals surface area contributed by atoms with Gasteiger partial charge in [0.2, 0.25) is 0 Å². The van der Waals surface area contributed by atoms with Gasteiger partial charge in [0.05, 0.1) is 0 Å². The van der Waals surface area contributed by atoms with Gasteiger partial charge in [0.25, 0.3) is 5.91 Å². The molecule has 1 heterocycles. The molecule has 0 spiro atoms. The van der Waals surface area contributed by atoms with Crippen molar-refractivity contribution in [3.05, 3.63) is 29.8 Å². The van der Waals surface area contributed by atoms with E-state index in [9.17, 15) is 4.79 Å². The number of fused-ring (bicyclic) bond motifs is 1. The molecule has 0 atom stereocenters. The van der Waals surface area contributed by atoms with Crippen LogP contribution >= 0.6 is 12.4 Å². The predicted octanol–water partition coefficient (Wildman–Crippen LogP) is 0.131. The Balaban J connectivity index is 0.000000845. The zero-order valence-electron chi connectivity index (χ0n) is 6.78. The van der Waals surface area contributed by atoms with Gasteiger partial charge < -0.3 is 16.8 Å². The number of para-hydroxylation sites is 1. The summed E-state index contributed by atoms with van der Waals surface area (Å²) in [6, 6.07) is 7.13. The van der Waals surface area contributed by atoms with Crippen molar-refractivity contribution in [2.24, 2.45) is 11.5 Å². The van der Waals surface area contributed by atoms with Crippen molar-refractivity contribution in [1.29, 1.82) is 0 Å². The van der Waals surface area contributed by atoms with E-state index in [1.54, 1.807) is 18.2 Å². The summed E-state index contributed by atoms with van der Waals surface area (Å²) in [5, 5.41) is 2.60. The van der Waals surface area contributed by atoms with Gasteiger partial charge >= 0.3 is 0 Å². The van der Waals surface area contributed by atoms with Crippen LogP contribution in [0.25, 0.3) is 0 Å². The summed E-state index contributed by atoms with van der Waals surface area (Å²) in [7, 11) is 0. The number of benzene rings is 1. The molecule has 0 aliphatic carbocycles. The molecule has 1 aliphatic rings. The molecule has 0 unspecified atom stereocenters. The Hall–Kier alpha value is -1.10. The van der Waals surface area contributed by atoms with Gasteiger partial charge in [-0.25, -0.2) is 0 Å². The molecule has 5 N–H and O–H groups in total. The average Bonchev–Trinajstić information content (AvgIpc) is 2.25. The minimum Gasteiger partial charge on any atom is -0.323 e.